The van der Waals surface area contributed by atoms with Gasteiger partial charge in [-0.25, -0.2) is 13.4 Å². The Morgan fingerprint density at radius 3 is 2.69 bits per heavy atom. The number of aryl methyl sites for hydroxylation is 1. The van der Waals surface area contributed by atoms with E-state index in [0.29, 0.717) is 11.6 Å². The highest BCUT2D eigenvalue weighted by Gasteiger charge is 2.21. The molecule has 0 amide bonds. The molecule has 1 rings (SSSR count). The minimum absolute atomic E-state index is 0.182. The maximum absolute atomic E-state index is 11.0. The van der Waals surface area contributed by atoms with E-state index in [9.17, 15) is 8.42 Å². The summed E-state index contributed by atoms with van der Waals surface area (Å²) in [5.74, 6) is 0. The van der Waals surface area contributed by atoms with E-state index in [1.54, 1.807) is 13.8 Å². The van der Waals surface area contributed by atoms with Crippen LogP contribution in [-0.2, 0) is 9.05 Å². The molecule has 74 valence electrons. The molecule has 1 aromatic rings. The zero-order valence-electron chi connectivity index (χ0n) is 7.07. The molecule has 13 heavy (non-hydrogen) atoms. The Balaban J connectivity index is 3.20. The van der Waals surface area contributed by atoms with Gasteiger partial charge in [0.15, 0.2) is 0 Å². The van der Waals surface area contributed by atoms with Crippen molar-refractivity contribution in [1.29, 1.82) is 0 Å². The number of nitrogens with zero attached hydrogens (tertiary/aromatic N) is 1. The topological polar surface area (TPSA) is 56.3 Å². The fourth-order valence-corrected chi connectivity index (χ4v) is 2.95. The van der Waals surface area contributed by atoms with Crippen LogP contribution in [0, 0.1) is 6.92 Å². The van der Waals surface area contributed by atoms with Gasteiger partial charge in [0.25, 0.3) is 9.05 Å². The van der Waals surface area contributed by atoms with E-state index in [2.05, 4.69) is 4.98 Å². The van der Waals surface area contributed by atoms with Crippen LogP contribution in [0.1, 0.15) is 11.9 Å². The Bertz CT molecular complexity index is 398. The van der Waals surface area contributed by atoms with E-state index in [-0.39, 0.29) is 10.1 Å². The van der Waals surface area contributed by atoms with Gasteiger partial charge in [-0.2, -0.15) is 0 Å². The van der Waals surface area contributed by atoms with Gasteiger partial charge < -0.3 is 4.74 Å². The van der Waals surface area contributed by atoms with Crippen molar-refractivity contribution in [1.82, 2.24) is 4.98 Å². The summed E-state index contributed by atoms with van der Waals surface area (Å²) in [6.07, 6.45) is 0. The van der Waals surface area contributed by atoms with Crippen molar-refractivity contribution in [3.63, 3.8) is 0 Å². The summed E-state index contributed by atoms with van der Waals surface area (Å²) in [5, 5.41) is 0.691. The molecule has 0 aliphatic rings. The maximum atomic E-state index is 11.0. The second-order valence-electron chi connectivity index (χ2n) is 2.20. The summed E-state index contributed by atoms with van der Waals surface area (Å²) >= 11 is 1.17. The molecule has 1 heterocycles. The fraction of sp³-hybridized carbons (Fsp3) is 0.500. The van der Waals surface area contributed by atoms with Gasteiger partial charge in [-0.3, -0.25) is 0 Å². The summed E-state index contributed by atoms with van der Waals surface area (Å²) in [6, 6.07) is 0. The van der Waals surface area contributed by atoms with E-state index >= 15 is 0 Å². The SMILES string of the molecule is CCOc1sc(C)nc1S(=O)(=O)Cl. The third-order valence-electron chi connectivity index (χ3n) is 1.18. The highest BCUT2D eigenvalue weighted by atomic mass is 35.7. The molecule has 0 saturated heterocycles. The van der Waals surface area contributed by atoms with E-state index < -0.39 is 9.05 Å². The zero-order chi connectivity index (χ0) is 10.1. The van der Waals surface area contributed by atoms with Crippen LogP contribution in [0.2, 0.25) is 0 Å². The first-order valence-electron chi connectivity index (χ1n) is 3.50. The number of aromatic nitrogens is 1. The van der Waals surface area contributed by atoms with Crippen molar-refractivity contribution in [3.8, 4) is 5.06 Å². The number of hydrogen-bond acceptors (Lipinski definition) is 5. The highest BCUT2D eigenvalue weighted by molar-refractivity contribution is 8.13. The third-order valence-corrected chi connectivity index (χ3v) is 3.37. The van der Waals surface area contributed by atoms with Gasteiger partial charge in [-0.1, -0.05) is 11.3 Å². The summed E-state index contributed by atoms with van der Waals surface area (Å²) in [5.41, 5.74) is 0. The normalized spacial score (nSPS) is 11.6. The molecule has 0 aliphatic heterocycles. The Morgan fingerprint density at radius 1 is 1.62 bits per heavy atom. The Kier molecular flexibility index (Phi) is 3.15. The minimum atomic E-state index is -3.79. The molecule has 0 spiro atoms. The molecule has 0 saturated carbocycles. The van der Waals surface area contributed by atoms with Gasteiger partial charge in [0.05, 0.1) is 11.6 Å². The Hall–Kier alpha value is -0.330. The van der Waals surface area contributed by atoms with Crippen LogP contribution in [-0.4, -0.2) is 20.0 Å². The van der Waals surface area contributed by atoms with Crippen molar-refractivity contribution >= 4 is 31.1 Å². The first kappa shape index (κ1) is 10.7. The van der Waals surface area contributed by atoms with Crippen LogP contribution >= 0.6 is 22.0 Å². The van der Waals surface area contributed by atoms with Crippen molar-refractivity contribution in [3.05, 3.63) is 5.01 Å². The van der Waals surface area contributed by atoms with E-state index in [4.69, 9.17) is 15.4 Å². The van der Waals surface area contributed by atoms with Crippen LogP contribution in [0.15, 0.2) is 5.03 Å². The van der Waals surface area contributed by atoms with Crippen LogP contribution in [0.4, 0.5) is 0 Å². The molecule has 7 heteroatoms. The molecular weight excluding hydrogens is 234 g/mol. The molecule has 0 aromatic carbocycles. The third kappa shape index (κ3) is 2.55. The van der Waals surface area contributed by atoms with Crippen LogP contribution in [0.25, 0.3) is 0 Å². The number of thiazole rings is 1. The lowest BCUT2D eigenvalue weighted by Gasteiger charge is -1.98. The monoisotopic (exact) mass is 241 g/mol. The van der Waals surface area contributed by atoms with Gasteiger partial charge in [0.1, 0.15) is 0 Å². The molecular formula is C6H8ClNO3S2. The van der Waals surface area contributed by atoms with Crippen LogP contribution in [0.3, 0.4) is 0 Å². The van der Waals surface area contributed by atoms with E-state index in [1.165, 1.54) is 11.3 Å². The molecule has 0 radical (unpaired) electrons. The predicted octanol–water partition coefficient (Wildman–Crippen LogP) is 1.78. The van der Waals surface area contributed by atoms with Gasteiger partial charge in [0.2, 0.25) is 10.1 Å². The summed E-state index contributed by atoms with van der Waals surface area (Å²) in [6.45, 7) is 3.85. The number of halogens is 1. The van der Waals surface area contributed by atoms with Crippen molar-refractivity contribution < 1.29 is 13.2 Å². The molecule has 0 aliphatic carbocycles. The molecule has 1 aromatic heterocycles. The van der Waals surface area contributed by atoms with E-state index in [0.717, 1.165) is 0 Å². The lowest BCUT2D eigenvalue weighted by Crippen LogP contribution is -1.97. The van der Waals surface area contributed by atoms with Crippen molar-refractivity contribution in [2.45, 2.75) is 18.9 Å². The lowest BCUT2D eigenvalue weighted by molar-refractivity contribution is 0.340. The average molecular weight is 242 g/mol. The Labute approximate surface area is 84.9 Å². The van der Waals surface area contributed by atoms with Gasteiger partial charge in [0, 0.05) is 10.7 Å². The molecule has 0 unspecified atom stereocenters. The first-order chi connectivity index (χ1) is 5.95. The number of ether oxygens (including phenoxy) is 1. The van der Waals surface area contributed by atoms with Crippen LogP contribution < -0.4 is 4.74 Å². The number of hydrogen-bond donors (Lipinski definition) is 0. The minimum Gasteiger partial charge on any atom is -0.482 e. The second kappa shape index (κ2) is 3.81. The zero-order valence-corrected chi connectivity index (χ0v) is 9.46. The second-order valence-corrected chi connectivity index (χ2v) is 5.84. The van der Waals surface area contributed by atoms with Crippen LogP contribution in [0.5, 0.6) is 5.06 Å². The molecule has 4 nitrogen and oxygen atoms in total. The molecule has 0 atom stereocenters. The van der Waals surface area contributed by atoms with Crippen molar-refractivity contribution in [2.75, 3.05) is 6.61 Å². The summed E-state index contributed by atoms with van der Waals surface area (Å²) in [4.78, 5) is 3.77. The molecule has 0 fully saturated rings. The highest BCUT2D eigenvalue weighted by Crippen LogP contribution is 2.32. The number of rotatable bonds is 3. The van der Waals surface area contributed by atoms with Crippen molar-refractivity contribution in [2.24, 2.45) is 0 Å². The van der Waals surface area contributed by atoms with Gasteiger partial charge >= 0.3 is 0 Å². The van der Waals surface area contributed by atoms with Gasteiger partial charge in [-0.15, -0.1) is 0 Å². The lowest BCUT2D eigenvalue weighted by atomic mass is 10.8. The smallest absolute Gasteiger partial charge is 0.283 e. The largest absolute Gasteiger partial charge is 0.482 e. The standard InChI is InChI=1S/C6H8ClNO3S2/c1-3-11-6-5(13(7,9)10)8-4(2)12-6/h3H2,1-2H3. The average Bonchev–Trinajstić information content (AvgIpc) is 2.30. The predicted molar refractivity (Wildman–Crippen MR) is 51.1 cm³/mol. The van der Waals surface area contributed by atoms with Gasteiger partial charge in [-0.05, 0) is 13.8 Å². The fourth-order valence-electron chi connectivity index (χ4n) is 0.766. The molecule has 0 bridgehead atoms. The quantitative estimate of drug-likeness (QED) is 0.757. The summed E-state index contributed by atoms with van der Waals surface area (Å²) in [7, 11) is 1.36. The molecule has 0 N–H and O–H groups in total. The first-order valence-corrected chi connectivity index (χ1v) is 6.62. The Morgan fingerprint density at radius 2 is 2.23 bits per heavy atom. The van der Waals surface area contributed by atoms with E-state index in [1.807, 2.05) is 0 Å². The summed E-state index contributed by atoms with van der Waals surface area (Å²) < 4.78 is 27.0. The maximum Gasteiger partial charge on any atom is 0.283 e.